The SMILES string of the molecule is CCNC(c1cc(Cl)c(Br)cc1F)C1CCCC1. The number of rotatable bonds is 4. The van der Waals surface area contributed by atoms with Crippen LogP contribution in [0, 0.1) is 11.7 Å². The second kappa shape index (κ2) is 6.36. The molecule has 100 valence electrons. The highest BCUT2D eigenvalue weighted by atomic mass is 79.9. The molecule has 1 saturated carbocycles. The predicted octanol–water partition coefficient (Wildman–Crippen LogP) is 5.08. The lowest BCUT2D eigenvalue weighted by molar-refractivity contribution is 0.363. The maximum Gasteiger partial charge on any atom is 0.129 e. The van der Waals surface area contributed by atoms with Gasteiger partial charge in [-0.25, -0.2) is 4.39 Å². The van der Waals surface area contributed by atoms with Gasteiger partial charge in [-0.2, -0.15) is 0 Å². The largest absolute Gasteiger partial charge is 0.310 e. The van der Waals surface area contributed by atoms with Gasteiger partial charge in [0.25, 0.3) is 0 Å². The fourth-order valence-electron chi connectivity index (χ4n) is 2.82. The molecule has 0 heterocycles. The summed E-state index contributed by atoms with van der Waals surface area (Å²) in [4.78, 5) is 0. The van der Waals surface area contributed by atoms with E-state index < -0.39 is 0 Å². The molecule has 1 aliphatic rings. The molecule has 0 bridgehead atoms. The Labute approximate surface area is 121 Å². The average Bonchev–Trinajstić information content (AvgIpc) is 2.85. The quantitative estimate of drug-likeness (QED) is 0.757. The molecule has 1 aromatic carbocycles. The van der Waals surface area contributed by atoms with Crippen LogP contribution in [0.1, 0.15) is 44.2 Å². The third-order valence-electron chi connectivity index (χ3n) is 3.67. The molecule has 1 aromatic rings. The Hall–Kier alpha value is -0.120. The summed E-state index contributed by atoms with van der Waals surface area (Å²) in [6.07, 6.45) is 4.84. The van der Waals surface area contributed by atoms with Crippen LogP contribution >= 0.6 is 27.5 Å². The predicted molar refractivity (Wildman–Crippen MR) is 77.5 cm³/mol. The minimum atomic E-state index is -0.177. The first-order valence-corrected chi connectivity index (χ1v) is 7.68. The topological polar surface area (TPSA) is 12.0 Å². The maximum absolute atomic E-state index is 14.1. The van der Waals surface area contributed by atoms with Crippen molar-refractivity contribution in [1.82, 2.24) is 5.32 Å². The van der Waals surface area contributed by atoms with Crippen molar-refractivity contribution >= 4 is 27.5 Å². The lowest BCUT2D eigenvalue weighted by atomic mass is 9.91. The number of halogens is 3. The second-order valence-corrected chi connectivity index (χ2v) is 6.13. The molecule has 1 aliphatic carbocycles. The minimum absolute atomic E-state index is 0.0862. The Morgan fingerprint density at radius 3 is 2.72 bits per heavy atom. The van der Waals surface area contributed by atoms with Gasteiger partial charge in [0.15, 0.2) is 0 Å². The van der Waals surface area contributed by atoms with Crippen LogP contribution < -0.4 is 5.32 Å². The molecular weight excluding hydrogens is 317 g/mol. The maximum atomic E-state index is 14.1. The van der Waals surface area contributed by atoms with Gasteiger partial charge in [0.1, 0.15) is 5.82 Å². The summed E-state index contributed by atoms with van der Waals surface area (Å²) in [6.45, 7) is 2.90. The number of hydrogen-bond acceptors (Lipinski definition) is 1. The molecule has 0 radical (unpaired) electrons. The Morgan fingerprint density at radius 2 is 2.11 bits per heavy atom. The Balaban J connectivity index is 2.32. The van der Waals surface area contributed by atoms with Crippen LogP contribution in [0.2, 0.25) is 5.02 Å². The molecule has 4 heteroatoms. The summed E-state index contributed by atoms with van der Waals surface area (Å²) in [5.41, 5.74) is 0.706. The summed E-state index contributed by atoms with van der Waals surface area (Å²) in [5.74, 6) is 0.348. The highest BCUT2D eigenvalue weighted by Crippen LogP contribution is 2.38. The fraction of sp³-hybridized carbons (Fsp3) is 0.571. The zero-order valence-corrected chi connectivity index (χ0v) is 12.8. The molecule has 0 amide bonds. The summed E-state index contributed by atoms with van der Waals surface area (Å²) >= 11 is 9.35. The zero-order chi connectivity index (χ0) is 13.1. The average molecular weight is 335 g/mol. The first kappa shape index (κ1) is 14.3. The minimum Gasteiger partial charge on any atom is -0.310 e. The van der Waals surface area contributed by atoms with Gasteiger partial charge >= 0.3 is 0 Å². The van der Waals surface area contributed by atoms with E-state index in [-0.39, 0.29) is 11.9 Å². The van der Waals surface area contributed by atoms with Gasteiger partial charge in [0.05, 0.1) is 5.02 Å². The van der Waals surface area contributed by atoms with E-state index >= 15 is 0 Å². The van der Waals surface area contributed by atoms with Crippen molar-refractivity contribution in [3.8, 4) is 0 Å². The van der Waals surface area contributed by atoms with Crippen LogP contribution in [0.15, 0.2) is 16.6 Å². The van der Waals surface area contributed by atoms with Gasteiger partial charge < -0.3 is 5.32 Å². The van der Waals surface area contributed by atoms with Crippen LogP contribution in [0.5, 0.6) is 0 Å². The molecule has 2 rings (SSSR count). The fourth-order valence-corrected chi connectivity index (χ4v) is 3.31. The number of benzene rings is 1. The lowest BCUT2D eigenvalue weighted by Gasteiger charge is -2.25. The molecule has 18 heavy (non-hydrogen) atoms. The van der Waals surface area contributed by atoms with E-state index in [0.717, 1.165) is 6.54 Å². The summed E-state index contributed by atoms with van der Waals surface area (Å²) < 4.78 is 14.7. The molecule has 0 aromatic heterocycles. The molecule has 0 aliphatic heterocycles. The summed E-state index contributed by atoms with van der Waals surface area (Å²) in [6, 6.07) is 3.31. The van der Waals surface area contributed by atoms with Crippen LogP contribution in [0.4, 0.5) is 4.39 Å². The molecule has 1 atom stereocenters. The molecule has 1 N–H and O–H groups in total. The monoisotopic (exact) mass is 333 g/mol. The van der Waals surface area contributed by atoms with Crippen LogP contribution in [0.3, 0.4) is 0 Å². The Bertz CT molecular complexity index is 419. The third kappa shape index (κ3) is 3.06. The smallest absolute Gasteiger partial charge is 0.129 e. The van der Waals surface area contributed by atoms with Crippen molar-refractivity contribution in [3.05, 3.63) is 33.0 Å². The van der Waals surface area contributed by atoms with E-state index in [2.05, 4.69) is 28.2 Å². The summed E-state index contributed by atoms with van der Waals surface area (Å²) in [7, 11) is 0. The lowest BCUT2D eigenvalue weighted by Crippen LogP contribution is -2.27. The highest BCUT2D eigenvalue weighted by molar-refractivity contribution is 9.10. The number of hydrogen-bond donors (Lipinski definition) is 1. The van der Waals surface area contributed by atoms with Gasteiger partial charge in [0.2, 0.25) is 0 Å². The standard InChI is InChI=1S/C14H18BrClFN/c1-2-18-14(9-5-3-4-6-9)10-7-12(16)11(15)8-13(10)17/h7-9,14,18H,2-6H2,1H3. The molecule has 0 spiro atoms. The zero-order valence-electron chi connectivity index (χ0n) is 10.5. The van der Waals surface area contributed by atoms with E-state index in [1.54, 1.807) is 6.07 Å². The van der Waals surface area contributed by atoms with E-state index in [0.29, 0.717) is 21.0 Å². The van der Waals surface area contributed by atoms with Crippen molar-refractivity contribution in [2.24, 2.45) is 5.92 Å². The van der Waals surface area contributed by atoms with Gasteiger partial charge in [-0.05, 0) is 53.4 Å². The van der Waals surface area contributed by atoms with Crippen LogP contribution in [0.25, 0.3) is 0 Å². The van der Waals surface area contributed by atoms with E-state index in [1.807, 2.05) is 0 Å². The van der Waals surface area contributed by atoms with Crippen LogP contribution in [-0.4, -0.2) is 6.54 Å². The molecule has 0 saturated heterocycles. The Morgan fingerprint density at radius 1 is 1.44 bits per heavy atom. The molecule has 1 fully saturated rings. The van der Waals surface area contributed by atoms with E-state index in [9.17, 15) is 4.39 Å². The van der Waals surface area contributed by atoms with Crippen molar-refractivity contribution in [2.75, 3.05) is 6.54 Å². The molecule has 1 unspecified atom stereocenters. The van der Waals surface area contributed by atoms with Crippen molar-refractivity contribution < 1.29 is 4.39 Å². The number of nitrogens with one attached hydrogen (secondary N) is 1. The van der Waals surface area contributed by atoms with E-state index in [4.69, 9.17) is 11.6 Å². The molecular formula is C14H18BrClFN. The normalized spacial score (nSPS) is 18.2. The van der Waals surface area contributed by atoms with Gasteiger partial charge in [-0.1, -0.05) is 31.4 Å². The second-order valence-electron chi connectivity index (χ2n) is 4.87. The van der Waals surface area contributed by atoms with Crippen molar-refractivity contribution in [3.63, 3.8) is 0 Å². The van der Waals surface area contributed by atoms with Crippen molar-refractivity contribution in [2.45, 2.75) is 38.6 Å². The van der Waals surface area contributed by atoms with Gasteiger partial charge in [-0.15, -0.1) is 0 Å². The summed E-state index contributed by atoms with van der Waals surface area (Å²) in [5, 5.41) is 3.99. The first-order chi connectivity index (χ1) is 8.63. The van der Waals surface area contributed by atoms with Gasteiger partial charge in [-0.3, -0.25) is 0 Å². The van der Waals surface area contributed by atoms with Crippen molar-refractivity contribution in [1.29, 1.82) is 0 Å². The van der Waals surface area contributed by atoms with Gasteiger partial charge in [0, 0.05) is 16.1 Å². The first-order valence-electron chi connectivity index (χ1n) is 6.51. The third-order valence-corrected chi connectivity index (χ3v) is 4.87. The molecule has 1 nitrogen and oxygen atoms in total. The van der Waals surface area contributed by atoms with E-state index in [1.165, 1.54) is 31.7 Å². The Kier molecular flexibility index (Phi) is 5.05. The highest BCUT2D eigenvalue weighted by Gasteiger charge is 2.28. The van der Waals surface area contributed by atoms with Crippen LogP contribution in [-0.2, 0) is 0 Å².